The largest absolute Gasteiger partial charge is 0.396 e. The summed E-state index contributed by atoms with van der Waals surface area (Å²) in [5, 5.41) is 13.8. The van der Waals surface area contributed by atoms with Gasteiger partial charge in [0.15, 0.2) is 5.82 Å². The highest BCUT2D eigenvalue weighted by molar-refractivity contribution is 5.72. The summed E-state index contributed by atoms with van der Waals surface area (Å²) in [6.07, 6.45) is 0.503. The Morgan fingerprint density at radius 2 is 1.18 bits per heavy atom. The molecule has 0 aliphatic carbocycles. The van der Waals surface area contributed by atoms with Gasteiger partial charge in [-0.3, -0.25) is 0 Å². The van der Waals surface area contributed by atoms with Crippen molar-refractivity contribution >= 4 is 17.3 Å². The lowest BCUT2D eigenvalue weighted by Gasteiger charge is -2.37. The number of nitrogen functional groups attached to an aromatic ring is 2. The van der Waals surface area contributed by atoms with E-state index in [4.69, 9.17) is 16.6 Å². The molecule has 6 heteroatoms. The average Bonchev–Trinajstić information content (AvgIpc) is 3.01. The van der Waals surface area contributed by atoms with Crippen molar-refractivity contribution in [3.8, 4) is 0 Å². The molecule has 4 aromatic carbocycles. The van der Waals surface area contributed by atoms with Crippen LogP contribution in [0.15, 0.2) is 127 Å². The molecule has 0 saturated heterocycles. The van der Waals surface area contributed by atoms with Crippen LogP contribution in [0.25, 0.3) is 0 Å². The van der Waals surface area contributed by atoms with Crippen LogP contribution in [0, 0.1) is 0 Å². The molecule has 0 fully saturated rings. The molecule has 1 heterocycles. The second kappa shape index (κ2) is 11.8. The van der Waals surface area contributed by atoms with E-state index in [-0.39, 0.29) is 12.5 Å². The van der Waals surface area contributed by atoms with Crippen LogP contribution in [-0.2, 0) is 5.54 Å². The van der Waals surface area contributed by atoms with Gasteiger partial charge in [0.25, 0.3) is 0 Å². The molecule has 1 atom stereocenters. The fourth-order valence-electron chi connectivity index (χ4n) is 5.33. The third-order valence-corrected chi connectivity index (χ3v) is 7.16. The molecule has 39 heavy (non-hydrogen) atoms. The smallest absolute Gasteiger partial charge is 0.165 e. The summed E-state index contributed by atoms with van der Waals surface area (Å²) in [5.41, 5.74) is 14.0. The third-order valence-electron chi connectivity index (χ3n) is 7.16. The summed E-state index contributed by atoms with van der Waals surface area (Å²) in [5.74, 6) is 6.75. The number of aliphatic hydroxyl groups excluding tert-OH is 1. The number of nitrogens with two attached hydrogens (primary N) is 2. The number of pyridine rings is 1. The van der Waals surface area contributed by atoms with Gasteiger partial charge in [-0.25, -0.2) is 10.8 Å². The fraction of sp³-hybridized carbons (Fsp3) is 0.121. The molecule has 5 aromatic rings. The molecule has 0 bridgehead atoms. The molecule has 0 radical (unpaired) electrons. The Labute approximate surface area is 229 Å². The van der Waals surface area contributed by atoms with E-state index in [1.54, 1.807) is 0 Å². The zero-order valence-electron chi connectivity index (χ0n) is 21.7. The molecule has 196 valence electrons. The van der Waals surface area contributed by atoms with Crippen LogP contribution in [0.3, 0.4) is 0 Å². The van der Waals surface area contributed by atoms with Crippen LogP contribution in [-0.4, -0.2) is 16.7 Å². The van der Waals surface area contributed by atoms with E-state index in [0.717, 1.165) is 27.8 Å². The van der Waals surface area contributed by atoms with Crippen molar-refractivity contribution < 1.29 is 5.11 Å². The number of aliphatic hydroxyl groups is 1. The Morgan fingerprint density at radius 1 is 0.718 bits per heavy atom. The number of aromatic nitrogens is 1. The maximum Gasteiger partial charge on any atom is 0.165 e. The summed E-state index contributed by atoms with van der Waals surface area (Å²) >= 11 is 0. The molecular weight excluding hydrogens is 482 g/mol. The summed E-state index contributed by atoms with van der Waals surface area (Å²) in [6, 6.07) is 43.0. The maximum absolute atomic E-state index is 9.97. The lowest BCUT2D eigenvalue weighted by molar-refractivity contribution is 0.281. The first kappa shape index (κ1) is 26.0. The molecule has 0 spiro atoms. The van der Waals surface area contributed by atoms with E-state index in [1.807, 2.05) is 91.0 Å². The Hall–Kier alpha value is -4.65. The molecule has 7 N–H and O–H groups in total. The predicted molar refractivity (Wildman–Crippen MR) is 159 cm³/mol. The molecule has 6 nitrogen and oxygen atoms in total. The van der Waals surface area contributed by atoms with Crippen molar-refractivity contribution in [2.45, 2.75) is 17.9 Å². The Bertz CT molecular complexity index is 1380. The van der Waals surface area contributed by atoms with Gasteiger partial charge in [0.05, 0.1) is 5.69 Å². The monoisotopic (exact) mass is 515 g/mol. The first-order valence-corrected chi connectivity index (χ1v) is 13.0. The third kappa shape index (κ3) is 5.21. The van der Waals surface area contributed by atoms with Gasteiger partial charge >= 0.3 is 0 Å². The second-order valence-corrected chi connectivity index (χ2v) is 9.45. The lowest BCUT2D eigenvalue weighted by atomic mass is 9.77. The molecule has 0 amide bonds. The highest BCUT2D eigenvalue weighted by Crippen LogP contribution is 2.42. The van der Waals surface area contributed by atoms with E-state index < -0.39 is 5.54 Å². The van der Waals surface area contributed by atoms with E-state index in [2.05, 4.69) is 47.1 Å². The van der Waals surface area contributed by atoms with Gasteiger partial charge in [-0.1, -0.05) is 121 Å². The number of hydrazine groups is 1. The van der Waals surface area contributed by atoms with Crippen molar-refractivity contribution in [1.29, 1.82) is 0 Å². The standard InChI is InChI=1S/C33H33N5O/c34-31-29(28(21-22-39)24-13-5-1-6-14-24)23-30(36-32(31)38-35)37-33(25-15-7-2-8-16-25,26-17-9-3-10-18-26)27-19-11-4-12-20-27/h1-20,23,28,39H,21-22,34-35H2,(H2,36,37,38). The van der Waals surface area contributed by atoms with Gasteiger partial charge in [-0.15, -0.1) is 0 Å². The molecule has 0 saturated carbocycles. The van der Waals surface area contributed by atoms with Crippen LogP contribution >= 0.6 is 0 Å². The molecule has 0 aliphatic rings. The van der Waals surface area contributed by atoms with E-state index in [9.17, 15) is 5.11 Å². The van der Waals surface area contributed by atoms with E-state index in [1.165, 1.54) is 0 Å². The van der Waals surface area contributed by atoms with Crippen molar-refractivity contribution in [2.75, 3.05) is 23.1 Å². The van der Waals surface area contributed by atoms with E-state index in [0.29, 0.717) is 23.7 Å². The molecule has 5 rings (SSSR count). The van der Waals surface area contributed by atoms with Gasteiger partial charge < -0.3 is 21.6 Å². The second-order valence-electron chi connectivity index (χ2n) is 9.45. The topological polar surface area (TPSA) is 109 Å². The van der Waals surface area contributed by atoms with Crippen molar-refractivity contribution in [2.24, 2.45) is 5.84 Å². The normalized spacial score (nSPS) is 12.1. The van der Waals surface area contributed by atoms with Crippen LogP contribution < -0.4 is 22.3 Å². The van der Waals surface area contributed by atoms with Gasteiger partial charge in [-0.2, -0.15) is 0 Å². The van der Waals surface area contributed by atoms with Crippen LogP contribution in [0.4, 0.5) is 17.3 Å². The summed E-state index contributed by atoms with van der Waals surface area (Å²) in [7, 11) is 0. The first-order valence-electron chi connectivity index (χ1n) is 13.0. The SMILES string of the molecule is NNc1nc(NC(c2ccccc2)(c2ccccc2)c2ccccc2)cc(C(CCO)c2ccccc2)c1N. The lowest BCUT2D eigenvalue weighted by Crippen LogP contribution is -2.38. The summed E-state index contributed by atoms with van der Waals surface area (Å²) in [4.78, 5) is 4.81. The molecule has 1 aromatic heterocycles. The maximum atomic E-state index is 9.97. The number of hydrogen-bond acceptors (Lipinski definition) is 6. The molecule has 0 aliphatic heterocycles. The quantitative estimate of drug-likeness (QED) is 0.0904. The number of nitrogens with zero attached hydrogens (tertiary/aromatic N) is 1. The van der Waals surface area contributed by atoms with Crippen LogP contribution in [0.5, 0.6) is 0 Å². The summed E-state index contributed by atoms with van der Waals surface area (Å²) < 4.78 is 0. The number of hydrogen-bond donors (Lipinski definition) is 5. The number of benzene rings is 4. The average molecular weight is 516 g/mol. The van der Waals surface area contributed by atoms with Gasteiger partial charge in [0.1, 0.15) is 11.4 Å². The van der Waals surface area contributed by atoms with E-state index >= 15 is 0 Å². The van der Waals surface area contributed by atoms with Gasteiger partial charge in [0, 0.05) is 12.5 Å². The van der Waals surface area contributed by atoms with Gasteiger partial charge in [-0.05, 0) is 40.3 Å². The Kier molecular flexibility index (Phi) is 7.87. The number of rotatable bonds is 10. The minimum Gasteiger partial charge on any atom is -0.396 e. The predicted octanol–water partition coefficient (Wildman–Crippen LogP) is 5.87. The first-order chi connectivity index (χ1) is 19.2. The highest BCUT2D eigenvalue weighted by atomic mass is 16.3. The minimum absolute atomic E-state index is 0.0114. The molecule has 1 unspecified atom stereocenters. The van der Waals surface area contributed by atoms with Crippen LogP contribution in [0.1, 0.15) is 40.2 Å². The van der Waals surface area contributed by atoms with Crippen LogP contribution in [0.2, 0.25) is 0 Å². The van der Waals surface area contributed by atoms with Crippen molar-refractivity contribution in [3.63, 3.8) is 0 Å². The number of nitrogens with one attached hydrogen (secondary N) is 2. The van der Waals surface area contributed by atoms with Crippen molar-refractivity contribution in [3.05, 3.63) is 155 Å². The Balaban J connectivity index is 1.74. The zero-order valence-corrected chi connectivity index (χ0v) is 21.7. The van der Waals surface area contributed by atoms with Gasteiger partial charge in [0.2, 0.25) is 0 Å². The number of anilines is 3. The fourth-order valence-corrected chi connectivity index (χ4v) is 5.33. The minimum atomic E-state index is -0.769. The molecular formula is C33H33N5O. The van der Waals surface area contributed by atoms with Crippen molar-refractivity contribution in [1.82, 2.24) is 4.98 Å². The highest BCUT2D eigenvalue weighted by Gasteiger charge is 2.37. The zero-order chi connectivity index (χ0) is 27.1. The Morgan fingerprint density at radius 3 is 1.62 bits per heavy atom. The summed E-state index contributed by atoms with van der Waals surface area (Å²) in [6.45, 7) is 0.0114.